The molecule has 2 saturated heterocycles. The van der Waals surface area contributed by atoms with Crippen LogP contribution in [0.3, 0.4) is 0 Å². The van der Waals surface area contributed by atoms with Crippen LogP contribution in [0.5, 0.6) is 0 Å². The number of guanidine groups is 1. The summed E-state index contributed by atoms with van der Waals surface area (Å²) < 4.78 is 5.55. The van der Waals surface area contributed by atoms with Gasteiger partial charge in [0, 0.05) is 52.9 Å². The molecule has 166 valence electrons. The molecule has 30 heavy (non-hydrogen) atoms. The monoisotopic (exact) mass is 415 g/mol. The van der Waals surface area contributed by atoms with Gasteiger partial charge in [0.1, 0.15) is 6.10 Å². The first-order valence-electron chi connectivity index (χ1n) is 11.3. The van der Waals surface area contributed by atoms with Crippen molar-refractivity contribution in [3.05, 3.63) is 35.4 Å². The maximum atomic E-state index is 12.5. The summed E-state index contributed by atoms with van der Waals surface area (Å²) in [6.45, 7) is 12.0. The van der Waals surface area contributed by atoms with Crippen molar-refractivity contribution in [2.45, 2.75) is 45.9 Å². The van der Waals surface area contributed by atoms with Crippen LogP contribution < -0.4 is 5.32 Å². The molecule has 0 aromatic heterocycles. The molecule has 1 aromatic rings. The summed E-state index contributed by atoms with van der Waals surface area (Å²) in [5, 5.41) is 3.50. The Bertz CT molecular complexity index is 705. The van der Waals surface area contributed by atoms with Crippen molar-refractivity contribution < 1.29 is 9.53 Å². The summed E-state index contributed by atoms with van der Waals surface area (Å²) in [4.78, 5) is 23.6. The van der Waals surface area contributed by atoms with Crippen molar-refractivity contribution in [2.24, 2.45) is 4.99 Å². The van der Waals surface area contributed by atoms with Crippen molar-refractivity contribution in [2.75, 3.05) is 52.9 Å². The van der Waals surface area contributed by atoms with Gasteiger partial charge in [0.15, 0.2) is 5.96 Å². The van der Waals surface area contributed by atoms with Crippen LogP contribution in [-0.4, -0.2) is 85.6 Å². The number of nitrogens with one attached hydrogen (secondary N) is 1. The van der Waals surface area contributed by atoms with E-state index in [1.165, 1.54) is 11.1 Å². The van der Waals surface area contributed by atoms with Gasteiger partial charge in [-0.3, -0.25) is 14.7 Å². The zero-order valence-corrected chi connectivity index (χ0v) is 18.8. The van der Waals surface area contributed by atoms with Crippen molar-refractivity contribution >= 4 is 11.9 Å². The number of carbonyl (C=O) groups is 1. The Morgan fingerprint density at radius 1 is 1.17 bits per heavy atom. The summed E-state index contributed by atoms with van der Waals surface area (Å²) in [5.41, 5.74) is 2.60. The molecular weight excluding hydrogens is 378 g/mol. The Morgan fingerprint density at radius 3 is 2.50 bits per heavy atom. The lowest BCUT2D eigenvalue weighted by Gasteiger charge is -2.37. The second-order valence-corrected chi connectivity index (χ2v) is 8.00. The third-order valence-corrected chi connectivity index (χ3v) is 6.05. The molecule has 1 unspecified atom stereocenters. The highest BCUT2D eigenvalue weighted by atomic mass is 16.5. The molecule has 1 N–H and O–H groups in total. The average molecular weight is 416 g/mol. The predicted molar refractivity (Wildman–Crippen MR) is 120 cm³/mol. The number of rotatable bonds is 7. The van der Waals surface area contributed by atoms with Gasteiger partial charge in [0.2, 0.25) is 0 Å². The van der Waals surface area contributed by atoms with Crippen LogP contribution in [-0.2, 0) is 22.6 Å². The van der Waals surface area contributed by atoms with E-state index in [4.69, 9.17) is 4.74 Å². The molecule has 1 atom stereocenters. The lowest BCUT2D eigenvalue weighted by molar-refractivity contribution is -0.142. The molecule has 2 aliphatic heterocycles. The van der Waals surface area contributed by atoms with E-state index in [-0.39, 0.29) is 12.0 Å². The molecule has 0 aliphatic carbocycles. The minimum atomic E-state index is -0.224. The first-order chi connectivity index (χ1) is 14.6. The van der Waals surface area contributed by atoms with Gasteiger partial charge in [-0.05, 0) is 37.1 Å². The van der Waals surface area contributed by atoms with Crippen molar-refractivity contribution in [3.63, 3.8) is 0 Å². The summed E-state index contributed by atoms with van der Waals surface area (Å²) in [5.74, 6) is 1.05. The number of piperazine rings is 1. The Hall–Kier alpha value is -2.12. The number of aliphatic imine (C=N–C) groups is 1. The predicted octanol–water partition coefficient (Wildman–Crippen LogP) is 1.93. The molecule has 7 nitrogen and oxygen atoms in total. The summed E-state index contributed by atoms with van der Waals surface area (Å²) >= 11 is 0. The molecular formula is C23H37N5O2. The van der Waals surface area contributed by atoms with E-state index < -0.39 is 0 Å². The third-order valence-electron chi connectivity index (χ3n) is 6.05. The third kappa shape index (κ3) is 5.95. The standard InChI is InChI=1S/C23H37N5O2/c1-4-26(5-2)18-20-9-6-8-19(16-20)17-25-23(24-3)28-13-11-27(12-14-28)22(29)21-10-7-15-30-21/h6,8-9,16,21H,4-5,7,10-15,17-18H2,1-3H3,(H,24,25). The van der Waals surface area contributed by atoms with Crippen molar-refractivity contribution in [1.82, 2.24) is 20.0 Å². The maximum Gasteiger partial charge on any atom is 0.251 e. The van der Waals surface area contributed by atoms with Crippen LogP contribution in [0.2, 0.25) is 0 Å². The van der Waals surface area contributed by atoms with Crippen molar-refractivity contribution in [1.29, 1.82) is 0 Å². The fraction of sp³-hybridized carbons (Fsp3) is 0.652. The summed E-state index contributed by atoms with van der Waals surface area (Å²) in [6.07, 6.45) is 1.62. The number of ether oxygens (including phenoxy) is 1. The van der Waals surface area contributed by atoms with Gasteiger partial charge in [-0.25, -0.2) is 0 Å². The number of benzene rings is 1. The highest BCUT2D eigenvalue weighted by Crippen LogP contribution is 2.16. The number of hydrogen-bond acceptors (Lipinski definition) is 4. The first-order valence-corrected chi connectivity index (χ1v) is 11.3. The molecule has 1 amide bonds. The van der Waals surface area contributed by atoms with E-state index in [1.807, 2.05) is 11.9 Å². The van der Waals surface area contributed by atoms with Crippen LogP contribution in [0.4, 0.5) is 0 Å². The zero-order valence-electron chi connectivity index (χ0n) is 18.8. The topological polar surface area (TPSA) is 60.4 Å². The number of hydrogen-bond donors (Lipinski definition) is 1. The lowest BCUT2D eigenvalue weighted by Crippen LogP contribution is -2.55. The second kappa shape index (κ2) is 11.3. The number of nitrogens with zero attached hydrogens (tertiary/aromatic N) is 4. The van der Waals surface area contributed by atoms with Gasteiger partial charge in [0.05, 0.1) is 0 Å². The molecule has 0 saturated carbocycles. The van der Waals surface area contributed by atoms with E-state index in [0.29, 0.717) is 6.61 Å². The normalized spacial score (nSPS) is 20.1. The molecule has 2 heterocycles. The van der Waals surface area contributed by atoms with Crippen LogP contribution in [0.25, 0.3) is 0 Å². The maximum absolute atomic E-state index is 12.5. The smallest absolute Gasteiger partial charge is 0.251 e. The molecule has 2 aliphatic rings. The Morgan fingerprint density at radius 2 is 1.87 bits per heavy atom. The van der Waals surface area contributed by atoms with Crippen LogP contribution in [0.1, 0.15) is 37.8 Å². The average Bonchev–Trinajstić information content (AvgIpc) is 3.33. The van der Waals surface area contributed by atoms with E-state index >= 15 is 0 Å². The summed E-state index contributed by atoms with van der Waals surface area (Å²) in [7, 11) is 1.82. The second-order valence-electron chi connectivity index (χ2n) is 8.00. The van der Waals surface area contributed by atoms with Gasteiger partial charge < -0.3 is 19.9 Å². The lowest BCUT2D eigenvalue weighted by atomic mass is 10.1. The minimum absolute atomic E-state index is 0.153. The van der Waals surface area contributed by atoms with Crippen LogP contribution in [0.15, 0.2) is 29.3 Å². The van der Waals surface area contributed by atoms with Gasteiger partial charge >= 0.3 is 0 Å². The van der Waals surface area contributed by atoms with E-state index in [1.54, 1.807) is 0 Å². The molecule has 3 rings (SSSR count). The van der Waals surface area contributed by atoms with Crippen molar-refractivity contribution in [3.8, 4) is 0 Å². The molecule has 0 spiro atoms. The van der Waals surface area contributed by atoms with Crippen LogP contribution in [0, 0.1) is 0 Å². The van der Waals surface area contributed by atoms with Gasteiger partial charge in [-0.1, -0.05) is 38.1 Å². The molecule has 0 radical (unpaired) electrons. The summed E-state index contributed by atoms with van der Waals surface area (Å²) in [6, 6.07) is 8.76. The Labute approximate surface area is 181 Å². The largest absolute Gasteiger partial charge is 0.368 e. The van der Waals surface area contributed by atoms with Crippen LogP contribution >= 0.6 is 0 Å². The van der Waals surface area contributed by atoms with E-state index in [2.05, 4.69) is 58.2 Å². The first kappa shape index (κ1) is 22.6. The number of amides is 1. The van der Waals surface area contributed by atoms with Gasteiger partial charge in [-0.2, -0.15) is 0 Å². The van der Waals surface area contributed by atoms with E-state index in [0.717, 1.165) is 71.2 Å². The SMILES string of the molecule is CCN(CC)Cc1cccc(CNC(=NC)N2CCN(C(=O)C3CCCO3)CC2)c1. The number of carbonyl (C=O) groups excluding carboxylic acids is 1. The fourth-order valence-electron chi connectivity index (χ4n) is 4.17. The molecule has 7 heteroatoms. The van der Waals surface area contributed by atoms with E-state index in [9.17, 15) is 4.79 Å². The zero-order chi connectivity index (χ0) is 21.3. The molecule has 1 aromatic carbocycles. The highest BCUT2D eigenvalue weighted by Gasteiger charge is 2.30. The Kier molecular flexibility index (Phi) is 8.51. The fourth-order valence-corrected chi connectivity index (χ4v) is 4.17. The minimum Gasteiger partial charge on any atom is -0.368 e. The van der Waals surface area contributed by atoms with Gasteiger partial charge in [0.25, 0.3) is 5.91 Å². The molecule has 0 bridgehead atoms. The molecule has 2 fully saturated rings. The highest BCUT2D eigenvalue weighted by molar-refractivity contribution is 5.82. The quantitative estimate of drug-likeness (QED) is 0.545. The van der Waals surface area contributed by atoms with Gasteiger partial charge in [-0.15, -0.1) is 0 Å². The Balaban J connectivity index is 1.49.